The number of ether oxygens (including phenoxy) is 1. The van der Waals surface area contributed by atoms with Gasteiger partial charge in [-0.1, -0.05) is 6.92 Å². The van der Waals surface area contributed by atoms with Crippen LogP contribution in [0.3, 0.4) is 0 Å². The van der Waals surface area contributed by atoms with Crippen LogP contribution in [-0.2, 0) is 9.53 Å². The number of carbonyl (C=O) groups excluding carboxylic acids is 2. The largest absolute Gasteiger partial charge is 0.465 e. The third-order valence-corrected chi connectivity index (χ3v) is 4.27. The summed E-state index contributed by atoms with van der Waals surface area (Å²) >= 11 is 1.22. The van der Waals surface area contributed by atoms with E-state index in [4.69, 9.17) is 0 Å². The molecular formula is C13H18N2O4S. The Morgan fingerprint density at radius 2 is 2.25 bits per heavy atom. The first-order chi connectivity index (χ1) is 9.47. The van der Waals surface area contributed by atoms with Crippen molar-refractivity contribution in [2.24, 2.45) is 0 Å². The van der Waals surface area contributed by atoms with Gasteiger partial charge in [-0.05, 0) is 17.9 Å². The lowest BCUT2D eigenvalue weighted by Gasteiger charge is -2.45. The van der Waals surface area contributed by atoms with Gasteiger partial charge in [0.2, 0.25) is 5.91 Å². The van der Waals surface area contributed by atoms with Crippen molar-refractivity contribution >= 4 is 28.9 Å². The lowest BCUT2D eigenvalue weighted by molar-refractivity contribution is -0.128. The normalized spacial score (nSPS) is 17.4. The zero-order valence-corrected chi connectivity index (χ0v) is 12.3. The summed E-state index contributed by atoms with van der Waals surface area (Å²) in [5.41, 5.74) is -0.182. The molecule has 110 valence electrons. The molecule has 2 N–H and O–H groups in total. The summed E-state index contributed by atoms with van der Waals surface area (Å²) in [4.78, 5) is 25.6. The molecule has 0 spiro atoms. The van der Waals surface area contributed by atoms with E-state index in [1.54, 1.807) is 11.4 Å². The third-order valence-electron chi connectivity index (χ3n) is 3.37. The highest BCUT2D eigenvalue weighted by atomic mass is 32.1. The van der Waals surface area contributed by atoms with E-state index in [2.05, 4.69) is 10.1 Å². The first kappa shape index (κ1) is 15.0. The standard InChI is InChI=1S/C13H18N2O4S/c1-3-13(18)7-15(8-13)6-10(16)14-9-4-5-20-11(9)12(17)19-2/h4-5,18H,3,6-8H2,1-2H3,(H,14,16). The van der Waals surface area contributed by atoms with Gasteiger partial charge in [0.15, 0.2) is 0 Å². The van der Waals surface area contributed by atoms with E-state index in [1.807, 2.05) is 11.8 Å². The predicted molar refractivity (Wildman–Crippen MR) is 76.0 cm³/mol. The zero-order chi connectivity index (χ0) is 14.8. The minimum absolute atomic E-state index is 0.202. The Bertz CT molecular complexity index is 508. The monoisotopic (exact) mass is 298 g/mol. The number of likely N-dealkylation sites (tertiary alicyclic amines) is 1. The fourth-order valence-electron chi connectivity index (χ4n) is 2.17. The maximum atomic E-state index is 11.9. The third kappa shape index (κ3) is 3.17. The van der Waals surface area contributed by atoms with Crippen molar-refractivity contribution in [3.8, 4) is 0 Å². The van der Waals surface area contributed by atoms with Gasteiger partial charge in [-0.2, -0.15) is 0 Å². The number of hydrogen-bond donors (Lipinski definition) is 2. The number of amides is 1. The Morgan fingerprint density at radius 1 is 1.55 bits per heavy atom. The number of nitrogens with zero attached hydrogens (tertiary/aromatic N) is 1. The molecule has 6 nitrogen and oxygen atoms in total. The molecule has 1 aliphatic rings. The molecule has 0 radical (unpaired) electrons. The van der Waals surface area contributed by atoms with Gasteiger partial charge in [-0.25, -0.2) is 4.79 Å². The van der Waals surface area contributed by atoms with Crippen molar-refractivity contribution in [1.29, 1.82) is 0 Å². The summed E-state index contributed by atoms with van der Waals surface area (Å²) < 4.78 is 4.65. The van der Waals surface area contributed by atoms with Crippen molar-refractivity contribution in [2.75, 3.05) is 32.1 Å². The lowest BCUT2D eigenvalue weighted by Crippen LogP contribution is -2.62. The van der Waals surface area contributed by atoms with Gasteiger partial charge in [-0.15, -0.1) is 11.3 Å². The number of β-amino-alcohol motifs (C(OH)–C–C–N with tert-alkyl or cyclic N) is 1. The van der Waals surface area contributed by atoms with E-state index in [1.165, 1.54) is 18.4 Å². The summed E-state index contributed by atoms with van der Waals surface area (Å²) in [6, 6.07) is 1.67. The van der Waals surface area contributed by atoms with E-state index in [9.17, 15) is 14.7 Å². The minimum atomic E-state index is -0.653. The summed E-state index contributed by atoms with van der Waals surface area (Å²) in [6.45, 7) is 3.14. The molecule has 1 fully saturated rings. The molecule has 1 aromatic heterocycles. The van der Waals surface area contributed by atoms with Crippen LogP contribution in [0.1, 0.15) is 23.0 Å². The number of anilines is 1. The summed E-state index contributed by atoms with van der Waals surface area (Å²) in [6.07, 6.45) is 0.683. The molecule has 1 saturated heterocycles. The van der Waals surface area contributed by atoms with Crippen LogP contribution in [0.5, 0.6) is 0 Å². The summed E-state index contributed by atoms with van der Waals surface area (Å²) in [7, 11) is 1.30. The van der Waals surface area contributed by atoms with Crippen LogP contribution in [-0.4, -0.2) is 54.2 Å². The number of aliphatic hydroxyl groups is 1. The Hall–Kier alpha value is -1.44. The predicted octanol–water partition coefficient (Wildman–Crippen LogP) is 0.930. The van der Waals surface area contributed by atoms with Crippen molar-refractivity contribution in [2.45, 2.75) is 18.9 Å². The van der Waals surface area contributed by atoms with Gasteiger partial charge in [0.1, 0.15) is 4.88 Å². The highest BCUT2D eigenvalue weighted by molar-refractivity contribution is 7.12. The molecule has 20 heavy (non-hydrogen) atoms. The topological polar surface area (TPSA) is 78.9 Å². The lowest BCUT2D eigenvalue weighted by atomic mass is 9.91. The van der Waals surface area contributed by atoms with Gasteiger partial charge in [-0.3, -0.25) is 9.69 Å². The molecule has 1 aromatic rings. The van der Waals surface area contributed by atoms with Crippen molar-refractivity contribution in [3.05, 3.63) is 16.3 Å². The molecule has 0 aliphatic carbocycles. The maximum absolute atomic E-state index is 11.9. The SMILES string of the molecule is CCC1(O)CN(CC(=O)Nc2ccsc2C(=O)OC)C1. The van der Waals surface area contributed by atoms with Crippen LogP contribution in [0, 0.1) is 0 Å². The van der Waals surface area contributed by atoms with E-state index < -0.39 is 11.6 Å². The van der Waals surface area contributed by atoms with E-state index >= 15 is 0 Å². The van der Waals surface area contributed by atoms with Gasteiger partial charge >= 0.3 is 5.97 Å². The summed E-state index contributed by atoms with van der Waals surface area (Å²) in [5, 5.41) is 14.3. The molecule has 0 saturated carbocycles. The maximum Gasteiger partial charge on any atom is 0.350 e. The number of hydrogen-bond acceptors (Lipinski definition) is 6. The molecule has 1 aliphatic heterocycles. The number of nitrogens with one attached hydrogen (secondary N) is 1. The van der Waals surface area contributed by atoms with Crippen molar-refractivity contribution in [1.82, 2.24) is 4.90 Å². The van der Waals surface area contributed by atoms with Crippen LogP contribution in [0.15, 0.2) is 11.4 Å². The smallest absolute Gasteiger partial charge is 0.350 e. The Labute approximate surface area is 121 Å². The fourth-order valence-corrected chi connectivity index (χ4v) is 2.94. The molecule has 0 aromatic carbocycles. The molecule has 1 amide bonds. The Balaban J connectivity index is 1.87. The van der Waals surface area contributed by atoms with Gasteiger partial charge in [0.25, 0.3) is 0 Å². The second kappa shape index (κ2) is 5.90. The minimum Gasteiger partial charge on any atom is -0.465 e. The first-order valence-corrected chi connectivity index (χ1v) is 7.26. The van der Waals surface area contributed by atoms with E-state index in [-0.39, 0.29) is 12.5 Å². The van der Waals surface area contributed by atoms with Crippen molar-refractivity contribution < 1.29 is 19.4 Å². The average molecular weight is 298 g/mol. The van der Waals surface area contributed by atoms with Crippen LogP contribution in [0.25, 0.3) is 0 Å². The summed E-state index contributed by atoms with van der Waals surface area (Å²) in [5.74, 6) is -0.661. The quantitative estimate of drug-likeness (QED) is 0.791. The molecule has 0 bridgehead atoms. The number of esters is 1. The highest BCUT2D eigenvalue weighted by Crippen LogP contribution is 2.25. The molecule has 0 atom stereocenters. The number of carbonyl (C=O) groups is 2. The number of thiophene rings is 1. The van der Waals surface area contributed by atoms with Crippen LogP contribution in [0.4, 0.5) is 5.69 Å². The van der Waals surface area contributed by atoms with Crippen LogP contribution in [0.2, 0.25) is 0 Å². The molecule has 2 heterocycles. The zero-order valence-electron chi connectivity index (χ0n) is 11.5. The van der Waals surface area contributed by atoms with Gasteiger partial charge in [0, 0.05) is 13.1 Å². The van der Waals surface area contributed by atoms with E-state index in [0.717, 1.165) is 0 Å². The first-order valence-electron chi connectivity index (χ1n) is 6.38. The van der Waals surface area contributed by atoms with E-state index in [0.29, 0.717) is 30.1 Å². The highest BCUT2D eigenvalue weighted by Gasteiger charge is 2.39. The second-order valence-electron chi connectivity index (χ2n) is 4.93. The number of methoxy groups -OCH3 is 1. The molecule has 0 unspecified atom stereocenters. The number of rotatable bonds is 5. The Morgan fingerprint density at radius 3 is 2.85 bits per heavy atom. The Kier molecular flexibility index (Phi) is 4.42. The fraction of sp³-hybridized carbons (Fsp3) is 0.538. The van der Waals surface area contributed by atoms with Crippen LogP contribution >= 0.6 is 11.3 Å². The van der Waals surface area contributed by atoms with Crippen LogP contribution < -0.4 is 5.32 Å². The molecule has 2 rings (SSSR count). The van der Waals surface area contributed by atoms with Gasteiger partial charge < -0.3 is 15.2 Å². The average Bonchev–Trinajstić information content (AvgIpc) is 2.83. The van der Waals surface area contributed by atoms with Crippen molar-refractivity contribution in [3.63, 3.8) is 0 Å². The molecular weight excluding hydrogens is 280 g/mol. The molecule has 7 heteroatoms. The van der Waals surface area contributed by atoms with Gasteiger partial charge in [0.05, 0.1) is 24.9 Å². The second-order valence-corrected chi connectivity index (χ2v) is 5.84.